The Hall–Kier alpha value is -0.620. The van der Waals surface area contributed by atoms with E-state index in [2.05, 4.69) is 0 Å². The van der Waals surface area contributed by atoms with Crippen molar-refractivity contribution in [2.24, 2.45) is 5.73 Å². The summed E-state index contributed by atoms with van der Waals surface area (Å²) in [5, 5.41) is -0.485. The van der Waals surface area contributed by atoms with Crippen LogP contribution >= 0.6 is 11.6 Å². The van der Waals surface area contributed by atoms with E-state index in [4.69, 9.17) is 22.1 Å². The maximum atomic E-state index is 12.4. The first-order chi connectivity index (χ1) is 8.03. The highest BCUT2D eigenvalue weighted by molar-refractivity contribution is 7.92. The van der Waals surface area contributed by atoms with Crippen molar-refractivity contribution in [2.45, 2.75) is 22.6 Å². The minimum atomic E-state index is -3.52. The average Bonchev–Trinajstić information content (AvgIpc) is 2.29. The molecule has 0 radical (unpaired) electrons. The largest absolute Gasteiger partial charge is 0.380 e. The zero-order valence-electron chi connectivity index (χ0n) is 9.17. The van der Waals surface area contributed by atoms with Crippen LogP contribution in [0.2, 0.25) is 5.02 Å². The van der Waals surface area contributed by atoms with Gasteiger partial charge in [-0.3, -0.25) is 0 Å². The minimum absolute atomic E-state index is 0.132. The van der Waals surface area contributed by atoms with Gasteiger partial charge < -0.3 is 10.5 Å². The third kappa shape index (κ3) is 2.47. The van der Waals surface area contributed by atoms with Gasteiger partial charge in [-0.05, 0) is 18.6 Å². The molecule has 1 aliphatic rings. The van der Waals surface area contributed by atoms with Gasteiger partial charge in [-0.1, -0.05) is 23.7 Å². The fourth-order valence-corrected chi connectivity index (χ4v) is 4.15. The predicted octanol–water partition coefficient (Wildman–Crippen LogP) is 1.23. The maximum absolute atomic E-state index is 12.4. The highest BCUT2D eigenvalue weighted by Gasteiger charge is 2.36. The molecule has 2 rings (SSSR count). The lowest BCUT2D eigenvalue weighted by Crippen LogP contribution is -2.47. The molecule has 0 aromatic heterocycles. The Labute approximate surface area is 106 Å². The molecule has 0 bridgehead atoms. The van der Waals surface area contributed by atoms with Gasteiger partial charge in [0.05, 0.1) is 16.5 Å². The topological polar surface area (TPSA) is 69.4 Å². The third-order valence-electron chi connectivity index (χ3n) is 2.90. The quantitative estimate of drug-likeness (QED) is 0.881. The summed E-state index contributed by atoms with van der Waals surface area (Å²) in [6.45, 7) is 0.643. The first-order valence-corrected chi connectivity index (χ1v) is 7.27. The Morgan fingerprint density at radius 1 is 1.35 bits per heavy atom. The van der Waals surface area contributed by atoms with Gasteiger partial charge in [0.15, 0.2) is 9.84 Å². The zero-order valence-corrected chi connectivity index (χ0v) is 10.7. The second kappa shape index (κ2) is 4.94. The van der Waals surface area contributed by atoms with Crippen LogP contribution in [0.15, 0.2) is 29.2 Å². The molecular formula is C11H14ClNO3S. The van der Waals surface area contributed by atoms with Crippen molar-refractivity contribution in [1.82, 2.24) is 0 Å². The van der Waals surface area contributed by atoms with Crippen molar-refractivity contribution < 1.29 is 13.2 Å². The Bertz CT molecular complexity index is 503. The van der Waals surface area contributed by atoms with Gasteiger partial charge in [0.25, 0.3) is 0 Å². The number of rotatable bonds is 2. The fraction of sp³-hybridized carbons (Fsp3) is 0.455. The Balaban J connectivity index is 2.39. The first kappa shape index (κ1) is 12.8. The molecule has 1 fully saturated rings. The summed E-state index contributed by atoms with van der Waals surface area (Å²) in [5.74, 6) is 0. The van der Waals surface area contributed by atoms with Gasteiger partial charge in [0, 0.05) is 12.6 Å². The van der Waals surface area contributed by atoms with Crippen LogP contribution < -0.4 is 5.73 Å². The summed E-state index contributed by atoms with van der Waals surface area (Å²) < 4.78 is 29.9. The van der Waals surface area contributed by atoms with Gasteiger partial charge in [0.1, 0.15) is 5.25 Å². The molecule has 6 heteroatoms. The summed E-state index contributed by atoms with van der Waals surface area (Å²) >= 11 is 5.91. The molecule has 1 heterocycles. The number of benzene rings is 1. The Kier molecular flexibility index (Phi) is 3.73. The Morgan fingerprint density at radius 3 is 2.71 bits per heavy atom. The maximum Gasteiger partial charge on any atom is 0.186 e. The zero-order chi connectivity index (χ0) is 12.5. The Morgan fingerprint density at radius 2 is 2.06 bits per heavy atom. The van der Waals surface area contributed by atoms with Crippen LogP contribution in [-0.4, -0.2) is 32.9 Å². The number of halogens is 1. The molecule has 1 aliphatic heterocycles. The van der Waals surface area contributed by atoms with E-state index in [-0.39, 0.29) is 16.5 Å². The van der Waals surface area contributed by atoms with E-state index < -0.39 is 21.1 Å². The SMILES string of the molecule is NC1CCOCC1S(=O)(=O)c1ccccc1Cl. The van der Waals surface area contributed by atoms with Gasteiger partial charge in [-0.25, -0.2) is 8.42 Å². The summed E-state index contributed by atoms with van der Waals surface area (Å²) in [6.07, 6.45) is 0.550. The van der Waals surface area contributed by atoms with Crippen molar-refractivity contribution in [1.29, 1.82) is 0 Å². The molecule has 0 aliphatic carbocycles. The smallest absolute Gasteiger partial charge is 0.186 e. The van der Waals surface area contributed by atoms with Crippen LogP contribution in [-0.2, 0) is 14.6 Å². The molecule has 0 amide bonds. The van der Waals surface area contributed by atoms with Gasteiger partial charge >= 0.3 is 0 Å². The minimum Gasteiger partial charge on any atom is -0.380 e. The molecule has 0 spiro atoms. The van der Waals surface area contributed by atoms with Crippen LogP contribution in [0.25, 0.3) is 0 Å². The van der Waals surface area contributed by atoms with Crippen molar-refractivity contribution >= 4 is 21.4 Å². The summed E-state index contributed by atoms with van der Waals surface area (Å²) in [7, 11) is -3.52. The number of ether oxygens (including phenoxy) is 1. The molecule has 2 N–H and O–H groups in total. The van der Waals surface area contributed by atoms with Crippen LogP contribution in [0, 0.1) is 0 Å². The molecule has 1 aromatic carbocycles. The van der Waals surface area contributed by atoms with Crippen molar-refractivity contribution in [3.8, 4) is 0 Å². The van der Waals surface area contributed by atoms with E-state index in [1.807, 2.05) is 0 Å². The lowest BCUT2D eigenvalue weighted by Gasteiger charge is -2.28. The molecule has 1 aromatic rings. The first-order valence-electron chi connectivity index (χ1n) is 5.35. The molecular weight excluding hydrogens is 262 g/mol. The summed E-state index contributed by atoms with van der Waals surface area (Å²) in [4.78, 5) is 0.132. The number of nitrogens with two attached hydrogens (primary N) is 1. The van der Waals surface area contributed by atoms with Crippen molar-refractivity contribution in [2.75, 3.05) is 13.2 Å². The molecule has 4 nitrogen and oxygen atoms in total. The van der Waals surface area contributed by atoms with E-state index >= 15 is 0 Å². The molecule has 0 saturated carbocycles. The molecule has 17 heavy (non-hydrogen) atoms. The lowest BCUT2D eigenvalue weighted by molar-refractivity contribution is 0.0891. The van der Waals surface area contributed by atoms with E-state index in [1.165, 1.54) is 6.07 Å². The van der Waals surface area contributed by atoms with Gasteiger partial charge in [-0.2, -0.15) is 0 Å². The number of sulfone groups is 1. The summed E-state index contributed by atoms with van der Waals surface area (Å²) in [5.41, 5.74) is 5.85. The number of hydrogen-bond donors (Lipinski definition) is 1. The molecule has 94 valence electrons. The van der Waals surface area contributed by atoms with Crippen molar-refractivity contribution in [3.63, 3.8) is 0 Å². The third-order valence-corrected chi connectivity index (χ3v) is 5.59. The van der Waals surface area contributed by atoms with E-state index in [9.17, 15) is 8.42 Å². The fourth-order valence-electron chi connectivity index (χ4n) is 1.89. The van der Waals surface area contributed by atoms with E-state index in [1.54, 1.807) is 18.2 Å². The molecule has 2 unspecified atom stereocenters. The van der Waals surface area contributed by atoms with Crippen LogP contribution in [0.3, 0.4) is 0 Å². The lowest BCUT2D eigenvalue weighted by atomic mass is 10.1. The molecule has 1 saturated heterocycles. The van der Waals surface area contributed by atoms with Gasteiger partial charge in [0.2, 0.25) is 0 Å². The molecule has 2 atom stereocenters. The van der Waals surface area contributed by atoms with E-state index in [0.29, 0.717) is 13.0 Å². The highest BCUT2D eigenvalue weighted by Crippen LogP contribution is 2.27. The monoisotopic (exact) mass is 275 g/mol. The number of hydrogen-bond acceptors (Lipinski definition) is 4. The predicted molar refractivity (Wildman–Crippen MR) is 65.8 cm³/mol. The van der Waals surface area contributed by atoms with Crippen LogP contribution in [0.5, 0.6) is 0 Å². The average molecular weight is 276 g/mol. The second-order valence-electron chi connectivity index (χ2n) is 4.04. The normalized spacial score (nSPS) is 25.8. The summed E-state index contributed by atoms with van der Waals surface area (Å²) in [6, 6.07) is 6.00. The van der Waals surface area contributed by atoms with Crippen molar-refractivity contribution in [3.05, 3.63) is 29.3 Å². The van der Waals surface area contributed by atoms with Crippen LogP contribution in [0.4, 0.5) is 0 Å². The van der Waals surface area contributed by atoms with E-state index in [0.717, 1.165) is 0 Å². The van der Waals surface area contributed by atoms with Gasteiger partial charge in [-0.15, -0.1) is 0 Å². The second-order valence-corrected chi connectivity index (χ2v) is 6.58. The highest BCUT2D eigenvalue weighted by atomic mass is 35.5. The van der Waals surface area contributed by atoms with Crippen LogP contribution in [0.1, 0.15) is 6.42 Å². The standard InChI is InChI=1S/C11H14ClNO3S/c12-8-3-1-2-4-10(8)17(14,15)11-7-16-6-5-9(11)13/h1-4,9,11H,5-7,13H2.